The predicted octanol–water partition coefficient (Wildman–Crippen LogP) is 1.27. The Morgan fingerprint density at radius 1 is 1.30 bits per heavy atom. The molecule has 0 saturated heterocycles. The lowest BCUT2D eigenvalue weighted by Gasteiger charge is -2.24. The average Bonchev–Trinajstić information content (AvgIpc) is 2.46. The fourth-order valence-corrected chi connectivity index (χ4v) is 1.97. The van der Waals surface area contributed by atoms with Crippen LogP contribution in [0.1, 0.15) is 25.3 Å². The second-order valence-corrected chi connectivity index (χ2v) is 4.69. The van der Waals surface area contributed by atoms with E-state index in [1.54, 1.807) is 4.90 Å². The molecule has 1 rings (SSSR count). The average molecular weight is 278 g/mol. The summed E-state index contributed by atoms with van der Waals surface area (Å²) in [5.41, 5.74) is 6.92. The van der Waals surface area contributed by atoms with Gasteiger partial charge in [-0.15, -0.1) is 0 Å². The van der Waals surface area contributed by atoms with Gasteiger partial charge in [-0.1, -0.05) is 30.3 Å². The highest BCUT2D eigenvalue weighted by molar-refractivity contribution is 5.82. The zero-order chi connectivity index (χ0) is 15.0. The summed E-state index contributed by atoms with van der Waals surface area (Å²) >= 11 is 0. The van der Waals surface area contributed by atoms with Gasteiger partial charge >= 0.3 is 5.97 Å². The molecule has 110 valence electrons. The maximum atomic E-state index is 12.1. The Morgan fingerprint density at radius 2 is 1.95 bits per heavy atom. The highest BCUT2D eigenvalue weighted by Gasteiger charge is 2.20. The molecule has 1 atom stereocenters. The number of nitrogens with zero attached hydrogens (tertiary/aromatic N) is 1. The third-order valence-electron chi connectivity index (χ3n) is 3.19. The number of carbonyl (C=O) groups is 2. The smallest absolute Gasteiger partial charge is 0.303 e. The van der Waals surface area contributed by atoms with E-state index >= 15 is 0 Å². The molecule has 0 heterocycles. The molecular formula is C15H22N2O3. The van der Waals surface area contributed by atoms with Crippen molar-refractivity contribution in [2.45, 2.75) is 32.2 Å². The number of carbonyl (C=O) groups excluding carboxylic acids is 1. The largest absolute Gasteiger partial charge is 0.481 e. The molecule has 20 heavy (non-hydrogen) atoms. The molecule has 5 heteroatoms. The van der Waals surface area contributed by atoms with E-state index in [1.165, 1.54) is 0 Å². The topological polar surface area (TPSA) is 83.6 Å². The van der Waals surface area contributed by atoms with Crippen LogP contribution in [0.5, 0.6) is 0 Å². The number of likely N-dealkylation sites (N-methyl/N-ethyl adjacent to an activating group) is 1. The summed E-state index contributed by atoms with van der Waals surface area (Å²) in [4.78, 5) is 24.3. The number of rotatable bonds is 8. The van der Waals surface area contributed by atoms with Gasteiger partial charge < -0.3 is 15.7 Å². The lowest BCUT2D eigenvalue weighted by atomic mass is 10.1. The van der Waals surface area contributed by atoms with Crippen molar-refractivity contribution in [3.05, 3.63) is 35.9 Å². The monoisotopic (exact) mass is 278 g/mol. The van der Waals surface area contributed by atoms with E-state index in [-0.39, 0.29) is 18.7 Å². The van der Waals surface area contributed by atoms with Gasteiger partial charge in [-0.05, 0) is 25.3 Å². The summed E-state index contributed by atoms with van der Waals surface area (Å²) in [7, 11) is 0. The summed E-state index contributed by atoms with van der Waals surface area (Å²) in [6.07, 6.45) is 0.866. The number of hydrogen-bond donors (Lipinski definition) is 2. The van der Waals surface area contributed by atoms with E-state index < -0.39 is 12.0 Å². The highest BCUT2D eigenvalue weighted by Crippen LogP contribution is 2.05. The number of aliphatic carboxylic acids is 1. The van der Waals surface area contributed by atoms with Gasteiger partial charge in [-0.2, -0.15) is 0 Å². The number of hydrogen-bond acceptors (Lipinski definition) is 3. The molecule has 0 saturated carbocycles. The molecule has 0 aromatic heterocycles. The van der Waals surface area contributed by atoms with Crippen LogP contribution in [0.15, 0.2) is 30.3 Å². The molecule has 0 spiro atoms. The molecule has 1 aromatic carbocycles. The molecule has 3 N–H and O–H groups in total. The lowest BCUT2D eigenvalue weighted by molar-refractivity contribution is -0.137. The van der Waals surface area contributed by atoms with E-state index in [0.29, 0.717) is 13.1 Å². The van der Waals surface area contributed by atoms with Crippen molar-refractivity contribution in [2.24, 2.45) is 5.73 Å². The molecule has 1 unspecified atom stereocenters. The van der Waals surface area contributed by atoms with Gasteiger partial charge in [0.15, 0.2) is 0 Å². The van der Waals surface area contributed by atoms with Crippen LogP contribution in [0.25, 0.3) is 0 Å². The minimum Gasteiger partial charge on any atom is -0.481 e. The summed E-state index contributed by atoms with van der Waals surface area (Å²) < 4.78 is 0. The zero-order valence-corrected chi connectivity index (χ0v) is 11.8. The van der Waals surface area contributed by atoms with Crippen LogP contribution >= 0.6 is 0 Å². The van der Waals surface area contributed by atoms with Crippen molar-refractivity contribution in [1.29, 1.82) is 0 Å². The molecule has 0 bridgehead atoms. The Bertz CT molecular complexity index is 434. The first-order valence-electron chi connectivity index (χ1n) is 6.84. The molecule has 0 fully saturated rings. The quantitative estimate of drug-likeness (QED) is 0.750. The first kappa shape index (κ1) is 16.2. The first-order valence-corrected chi connectivity index (χ1v) is 6.84. The zero-order valence-electron chi connectivity index (χ0n) is 11.8. The van der Waals surface area contributed by atoms with Crippen LogP contribution in [0.3, 0.4) is 0 Å². The molecule has 5 nitrogen and oxygen atoms in total. The molecule has 0 radical (unpaired) electrons. The van der Waals surface area contributed by atoms with Gasteiger partial charge in [-0.25, -0.2) is 0 Å². The van der Waals surface area contributed by atoms with Crippen LogP contribution in [0.2, 0.25) is 0 Å². The minimum absolute atomic E-state index is 0.0802. The standard InChI is InChI=1S/C15H22N2O3/c1-2-17(11-10-12-6-4-3-5-7-12)15(20)13(16)8-9-14(18)19/h3-7,13H,2,8-11,16H2,1H3,(H,18,19). The van der Waals surface area contributed by atoms with E-state index in [0.717, 1.165) is 12.0 Å². The summed E-state index contributed by atoms with van der Waals surface area (Å²) in [5.74, 6) is -1.11. The third kappa shape index (κ3) is 5.40. The van der Waals surface area contributed by atoms with E-state index in [1.807, 2.05) is 37.3 Å². The Morgan fingerprint density at radius 3 is 2.50 bits per heavy atom. The van der Waals surface area contributed by atoms with E-state index in [4.69, 9.17) is 10.8 Å². The number of carboxylic acid groups (broad SMARTS) is 1. The Hall–Kier alpha value is -1.88. The number of nitrogens with two attached hydrogens (primary N) is 1. The second kappa shape index (κ2) is 8.32. The van der Waals surface area contributed by atoms with Crippen molar-refractivity contribution in [3.8, 4) is 0 Å². The van der Waals surface area contributed by atoms with Crippen molar-refractivity contribution in [2.75, 3.05) is 13.1 Å². The van der Waals surface area contributed by atoms with Crippen LogP contribution in [-0.4, -0.2) is 41.0 Å². The van der Waals surface area contributed by atoms with Gasteiger partial charge in [0.05, 0.1) is 6.04 Å². The van der Waals surface area contributed by atoms with Crippen LogP contribution in [-0.2, 0) is 16.0 Å². The van der Waals surface area contributed by atoms with Crippen molar-refractivity contribution >= 4 is 11.9 Å². The fraction of sp³-hybridized carbons (Fsp3) is 0.467. The van der Waals surface area contributed by atoms with Crippen LogP contribution in [0, 0.1) is 0 Å². The third-order valence-corrected chi connectivity index (χ3v) is 3.19. The first-order chi connectivity index (χ1) is 9.54. The normalized spacial score (nSPS) is 11.9. The molecule has 0 aliphatic heterocycles. The van der Waals surface area contributed by atoms with Gasteiger partial charge in [0.25, 0.3) is 0 Å². The van der Waals surface area contributed by atoms with Gasteiger partial charge in [-0.3, -0.25) is 9.59 Å². The molecule has 1 aromatic rings. The van der Waals surface area contributed by atoms with E-state index in [9.17, 15) is 9.59 Å². The Balaban J connectivity index is 2.48. The van der Waals surface area contributed by atoms with Crippen molar-refractivity contribution < 1.29 is 14.7 Å². The lowest BCUT2D eigenvalue weighted by Crippen LogP contribution is -2.44. The second-order valence-electron chi connectivity index (χ2n) is 4.69. The highest BCUT2D eigenvalue weighted by atomic mass is 16.4. The number of benzene rings is 1. The van der Waals surface area contributed by atoms with Gasteiger partial charge in [0.1, 0.15) is 0 Å². The maximum Gasteiger partial charge on any atom is 0.303 e. The fourth-order valence-electron chi connectivity index (χ4n) is 1.97. The van der Waals surface area contributed by atoms with Crippen LogP contribution < -0.4 is 5.73 Å². The molecular weight excluding hydrogens is 256 g/mol. The van der Waals surface area contributed by atoms with Crippen molar-refractivity contribution in [3.63, 3.8) is 0 Å². The van der Waals surface area contributed by atoms with E-state index in [2.05, 4.69) is 0 Å². The van der Waals surface area contributed by atoms with Crippen molar-refractivity contribution in [1.82, 2.24) is 4.90 Å². The molecule has 0 aliphatic rings. The SMILES string of the molecule is CCN(CCc1ccccc1)C(=O)C(N)CCC(=O)O. The van der Waals surface area contributed by atoms with Crippen LogP contribution in [0.4, 0.5) is 0 Å². The summed E-state index contributed by atoms with van der Waals surface area (Å²) in [5, 5.41) is 8.61. The summed E-state index contributed by atoms with van der Waals surface area (Å²) in [6.45, 7) is 3.07. The Labute approximate surface area is 119 Å². The molecule has 1 amide bonds. The Kier molecular flexibility index (Phi) is 6.73. The maximum absolute atomic E-state index is 12.1. The van der Waals surface area contributed by atoms with Gasteiger partial charge in [0, 0.05) is 19.5 Å². The molecule has 0 aliphatic carbocycles. The number of amides is 1. The minimum atomic E-state index is -0.930. The predicted molar refractivity (Wildman–Crippen MR) is 77.2 cm³/mol. The van der Waals surface area contributed by atoms with Gasteiger partial charge in [0.2, 0.25) is 5.91 Å². The summed E-state index contributed by atoms with van der Waals surface area (Å²) in [6, 6.07) is 9.18. The number of carboxylic acids is 1.